The third-order valence-electron chi connectivity index (χ3n) is 3.30. The van der Waals surface area contributed by atoms with Gasteiger partial charge in [0.2, 0.25) is 0 Å². The second-order valence-electron chi connectivity index (χ2n) is 4.80. The molecule has 20 heavy (non-hydrogen) atoms. The third-order valence-corrected chi connectivity index (χ3v) is 5.54. The second kappa shape index (κ2) is 5.06. The van der Waals surface area contributed by atoms with Crippen molar-refractivity contribution in [1.82, 2.24) is 0 Å². The van der Waals surface area contributed by atoms with Crippen molar-refractivity contribution >= 4 is 18.9 Å². The number of epoxide rings is 1. The van der Waals surface area contributed by atoms with Crippen LogP contribution in [0.5, 0.6) is 0 Å². The molecule has 1 fully saturated rings. The minimum Gasteiger partial charge on any atom is -0.357 e. The van der Waals surface area contributed by atoms with Gasteiger partial charge in [-0.2, -0.15) is 0 Å². The third kappa shape index (κ3) is 2.38. The van der Waals surface area contributed by atoms with Crippen molar-refractivity contribution in [3.63, 3.8) is 0 Å². The fourth-order valence-corrected chi connectivity index (χ4v) is 4.31. The molecule has 0 radical (unpaired) electrons. The SMILES string of the molecule is CC1O[C@H]1P(=O)(O)N(c1ccccc1)c1ccccc1. The van der Waals surface area contributed by atoms with Gasteiger partial charge in [-0.05, 0) is 31.2 Å². The molecule has 3 rings (SSSR count). The van der Waals surface area contributed by atoms with Crippen LogP contribution in [-0.2, 0) is 9.30 Å². The summed E-state index contributed by atoms with van der Waals surface area (Å²) in [5.41, 5.74) is 1.37. The summed E-state index contributed by atoms with van der Waals surface area (Å²) in [6.45, 7) is 1.81. The maximum atomic E-state index is 12.8. The van der Waals surface area contributed by atoms with E-state index in [1.807, 2.05) is 67.6 Å². The number of hydrogen-bond donors (Lipinski definition) is 1. The molecule has 1 saturated heterocycles. The highest BCUT2D eigenvalue weighted by Gasteiger charge is 2.53. The van der Waals surface area contributed by atoms with Crippen LogP contribution < -0.4 is 4.67 Å². The predicted molar refractivity (Wildman–Crippen MR) is 79.2 cm³/mol. The van der Waals surface area contributed by atoms with Gasteiger partial charge in [-0.15, -0.1) is 0 Å². The van der Waals surface area contributed by atoms with Gasteiger partial charge in [-0.3, -0.25) is 9.24 Å². The summed E-state index contributed by atoms with van der Waals surface area (Å²) in [6.07, 6.45) is -0.180. The lowest BCUT2D eigenvalue weighted by Gasteiger charge is -2.28. The Morgan fingerprint density at radius 3 is 1.75 bits per heavy atom. The highest BCUT2D eigenvalue weighted by atomic mass is 31.2. The Balaban J connectivity index is 2.07. The highest BCUT2D eigenvalue weighted by molar-refractivity contribution is 7.61. The van der Waals surface area contributed by atoms with Gasteiger partial charge in [0.25, 0.3) is 0 Å². The molecule has 0 saturated carbocycles. The summed E-state index contributed by atoms with van der Waals surface area (Å²) in [5, 5.41) is 0. The number of anilines is 2. The summed E-state index contributed by atoms with van der Waals surface area (Å²) in [6, 6.07) is 18.4. The van der Waals surface area contributed by atoms with E-state index < -0.39 is 13.4 Å². The number of benzene rings is 2. The maximum Gasteiger partial charge on any atom is 0.329 e. The van der Waals surface area contributed by atoms with E-state index in [2.05, 4.69) is 0 Å². The van der Waals surface area contributed by atoms with Gasteiger partial charge >= 0.3 is 7.52 Å². The monoisotopic (exact) mass is 289 g/mol. The Labute approximate surface area is 118 Å². The van der Waals surface area contributed by atoms with Gasteiger partial charge in [0.1, 0.15) is 0 Å². The van der Waals surface area contributed by atoms with Crippen molar-refractivity contribution in [1.29, 1.82) is 0 Å². The van der Waals surface area contributed by atoms with Crippen molar-refractivity contribution in [3.8, 4) is 0 Å². The first-order valence-electron chi connectivity index (χ1n) is 6.49. The van der Waals surface area contributed by atoms with E-state index in [1.165, 1.54) is 4.67 Å². The molecule has 2 aromatic rings. The Bertz CT molecular complexity index is 593. The molecule has 0 spiro atoms. The van der Waals surface area contributed by atoms with Crippen LogP contribution in [0.3, 0.4) is 0 Å². The summed E-state index contributed by atoms with van der Waals surface area (Å²) in [4.78, 5) is 10.5. The summed E-state index contributed by atoms with van der Waals surface area (Å²) in [7, 11) is -3.65. The molecule has 4 nitrogen and oxygen atoms in total. The molecular weight excluding hydrogens is 273 g/mol. The standard InChI is InChI=1S/C15H16NO3P/c1-12-15(19-12)20(17,18)16(13-8-4-2-5-9-13)14-10-6-3-7-11-14/h2-12,15H,1H3,(H,17,18)/t12?,15-/m0/s1. The van der Waals surface area contributed by atoms with Crippen LogP contribution in [0.25, 0.3) is 0 Å². The largest absolute Gasteiger partial charge is 0.357 e. The normalized spacial score (nSPS) is 23.9. The fourth-order valence-electron chi connectivity index (χ4n) is 2.26. The van der Waals surface area contributed by atoms with E-state index in [-0.39, 0.29) is 6.10 Å². The molecular formula is C15H16NO3P. The van der Waals surface area contributed by atoms with E-state index in [1.54, 1.807) is 0 Å². The van der Waals surface area contributed by atoms with Crippen LogP contribution in [0.4, 0.5) is 11.4 Å². The summed E-state index contributed by atoms with van der Waals surface area (Å²) < 4.78 is 19.6. The van der Waals surface area contributed by atoms with E-state index >= 15 is 0 Å². The van der Waals surface area contributed by atoms with Crippen LogP contribution in [0.1, 0.15) is 6.92 Å². The molecule has 0 aromatic heterocycles. The Kier molecular flexibility index (Phi) is 3.38. The second-order valence-corrected chi connectivity index (χ2v) is 6.89. The Morgan fingerprint density at radius 2 is 1.40 bits per heavy atom. The average molecular weight is 289 g/mol. The summed E-state index contributed by atoms with van der Waals surface area (Å²) >= 11 is 0. The molecule has 1 heterocycles. The van der Waals surface area contributed by atoms with Crippen molar-refractivity contribution in [3.05, 3.63) is 60.7 Å². The molecule has 1 N–H and O–H groups in total. The lowest BCUT2D eigenvalue weighted by Crippen LogP contribution is -2.17. The maximum absolute atomic E-state index is 12.8. The number of rotatable bonds is 4. The molecule has 2 unspecified atom stereocenters. The highest BCUT2D eigenvalue weighted by Crippen LogP contribution is 2.62. The van der Waals surface area contributed by atoms with E-state index in [0.717, 1.165) is 0 Å². The van der Waals surface area contributed by atoms with Crippen molar-refractivity contribution in [2.45, 2.75) is 18.9 Å². The van der Waals surface area contributed by atoms with Gasteiger partial charge in [0.15, 0.2) is 5.85 Å². The summed E-state index contributed by atoms with van der Waals surface area (Å²) in [5.74, 6) is -0.622. The first-order chi connectivity index (χ1) is 9.60. The van der Waals surface area contributed by atoms with Gasteiger partial charge in [-0.25, -0.2) is 0 Å². The lowest BCUT2D eigenvalue weighted by atomic mass is 10.3. The average Bonchev–Trinajstić information content (AvgIpc) is 3.19. The first kappa shape index (κ1) is 13.4. The lowest BCUT2D eigenvalue weighted by molar-refractivity contribution is 0.386. The van der Waals surface area contributed by atoms with Crippen LogP contribution >= 0.6 is 7.52 Å². The zero-order valence-electron chi connectivity index (χ0n) is 11.1. The minimum atomic E-state index is -3.65. The van der Waals surface area contributed by atoms with E-state index in [9.17, 15) is 9.46 Å². The van der Waals surface area contributed by atoms with Gasteiger partial charge in [0, 0.05) is 11.4 Å². The van der Waals surface area contributed by atoms with Gasteiger partial charge in [-0.1, -0.05) is 36.4 Å². The zero-order chi connectivity index (χ0) is 14.2. The predicted octanol–water partition coefficient (Wildman–Crippen LogP) is 3.75. The van der Waals surface area contributed by atoms with Crippen LogP contribution in [-0.4, -0.2) is 16.8 Å². The minimum absolute atomic E-state index is 0.180. The molecule has 0 aliphatic carbocycles. The molecule has 0 amide bonds. The van der Waals surface area contributed by atoms with Crippen molar-refractivity contribution in [2.24, 2.45) is 0 Å². The van der Waals surface area contributed by atoms with E-state index in [4.69, 9.17) is 4.74 Å². The van der Waals surface area contributed by atoms with Crippen molar-refractivity contribution in [2.75, 3.05) is 4.67 Å². The molecule has 1 aliphatic heterocycles. The number of ether oxygens (including phenoxy) is 1. The van der Waals surface area contributed by atoms with Gasteiger partial charge < -0.3 is 9.63 Å². The van der Waals surface area contributed by atoms with E-state index in [0.29, 0.717) is 11.4 Å². The van der Waals surface area contributed by atoms with Gasteiger partial charge in [0.05, 0.1) is 6.10 Å². The molecule has 104 valence electrons. The topological polar surface area (TPSA) is 53.1 Å². The van der Waals surface area contributed by atoms with Crippen LogP contribution in [0.15, 0.2) is 60.7 Å². The molecule has 1 aliphatic rings. The first-order valence-corrected chi connectivity index (χ1v) is 8.17. The smallest absolute Gasteiger partial charge is 0.329 e. The van der Waals surface area contributed by atoms with Crippen LogP contribution in [0, 0.1) is 0 Å². The Hall–Kier alpha value is -1.61. The molecule has 3 atom stereocenters. The zero-order valence-corrected chi connectivity index (χ0v) is 12.0. The number of nitrogens with zero attached hydrogens (tertiary/aromatic N) is 1. The fraction of sp³-hybridized carbons (Fsp3) is 0.200. The Morgan fingerprint density at radius 1 is 1.00 bits per heavy atom. The van der Waals surface area contributed by atoms with Crippen molar-refractivity contribution < 1.29 is 14.2 Å². The quantitative estimate of drug-likeness (QED) is 0.688. The molecule has 0 bridgehead atoms. The van der Waals surface area contributed by atoms with Crippen LogP contribution in [0.2, 0.25) is 0 Å². The number of hydrogen-bond acceptors (Lipinski definition) is 2. The molecule has 5 heteroatoms. The number of para-hydroxylation sites is 2. The molecule has 2 aromatic carbocycles.